The van der Waals surface area contributed by atoms with Crippen molar-refractivity contribution in [3.63, 3.8) is 0 Å². The van der Waals surface area contributed by atoms with Gasteiger partial charge in [-0.15, -0.1) is 5.10 Å². The second kappa shape index (κ2) is 5.60. The SMILES string of the molecule is CCc1nnn(Cc2ccc([N+](=O)[O-])cc2)c1CC. The Labute approximate surface area is 111 Å². The molecule has 2 rings (SSSR count). The number of nitro benzene ring substituents is 1. The first-order valence-electron chi connectivity index (χ1n) is 6.30. The van der Waals surface area contributed by atoms with Gasteiger partial charge in [0, 0.05) is 12.1 Å². The molecule has 0 unspecified atom stereocenters. The molecule has 1 aromatic carbocycles. The average Bonchev–Trinajstić information content (AvgIpc) is 2.81. The Kier molecular flexibility index (Phi) is 3.89. The molecule has 0 atom stereocenters. The van der Waals surface area contributed by atoms with Crippen LogP contribution >= 0.6 is 0 Å². The third kappa shape index (κ3) is 2.78. The number of nitro groups is 1. The lowest BCUT2D eigenvalue weighted by molar-refractivity contribution is -0.384. The number of benzene rings is 1. The van der Waals surface area contributed by atoms with Crippen LogP contribution in [0.4, 0.5) is 5.69 Å². The minimum absolute atomic E-state index is 0.104. The molecule has 0 bridgehead atoms. The van der Waals surface area contributed by atoms with Crippen LogP contribution < -0.4 is 0 Å². The predicted octanol–water partition coefficient (Wildman–Crippen LogP) is 2.36. The van der Waals surface area contributed by atoms with Gasteiger partial charge in [-0.05, 0) is 18.4 Å². The van der Waals surface area contributed by atoms with Gasteiger partial charge in [0.1, 0.15) is 0 Å². The van der Waals surface area contributed by atoms with Crippen LogP contribution in [0, 0.1) is 10.1 Å². The van der Waals surface area contributed by atoms with Gasteiger partial charge < -0.3 is 0 Å². The summed E-state index contributed by atoms with van der Waals surface area (Å²) in [5.74, 6) is 0. The second-order valence-electron chi connectivity index (χ2n) is 4.27. The smallest absolute Gasteiger partial charge is 0.258 e. The van der Waals surface area contributed by atoms with E-state index in [9.17, 15) is 10.1 Å². The van der Waals surface area contributed by atoms with E-state index in [4.69, 9.17) is 0 Å². The van der Waals surface area contributed by atoms with E-state index in [1.807, 2.05) is 4.68 Å². The zero-order valence-corrected chi connectivity index (χ0v) is 11.0. The van der Waals surface area contributed by atoms with Crippen LogP contribution in [0.1, 0.15) is 30.8 Å². The maximum Gasteiger partial charge on any atom is 0.269 e. The van der Waals surface area contributed by atoms with Gasteiger partial charge in [-0.3, -0.25) is 10.1 Å². The summed E-state index contributed by atoms with van der Waals surface area (Å²) in [4.78, 5) is 10.2. The summed E-state index contributed by atoms with van der Waals surface area (Å²) in [5.41, 5.74) is 3.23. The van der Waals surface area contributed by atoms with Crippen molar-refractivity contribution >= 4 is 5.69 Å². The van der Waals surface area contributed by atoms with Crippen molar-refractivity contribution in [2.45, 2.75) is 33.2 Å². The summed E-state index contributed by atoms with van der Waals surface area (Å²) < 4.78 is 1.86. The highest BCUT2D eigenvalue weighted by atomic mass is 16.6. The molecule has 0 saturated carbocycles. The van der Waals surface area contributed by atoms with E-state index < -0.39 is 4.92 Å². The predicted molar refractivity (Wildman–Crippen MR) is 71.0 cm³/mol. The monoisotopic (exact) mass is 260 g/mol. The Morgan fingerprint density at radius 2 is 1.89 bits per heavy atom. The molecule has 0 fully saturated rings. The number of rotatable bonds is 5. The maximum atomic E-state index is 10.6. The fraction of sp³-hybridized carbons (Fsp3) is 0.385. The van der Waals surface area contributed by atoms with Crippen molar-refractivity contribution in [2.75, 3.05) is 0 Å². The molecule has 0 amide bonds. The van der Waals surface area contributed by atoms with Gasteiger partial charge in [0.25, 0.3) is 5.69 Å². The molecule has 1 heterocycles. The molecule has 0 N–H and O–H groups in total. The van der Waals surface area contributed by atoms with Crippen molar-refractivity contribution in [2.24, 2.45) is 0 Å². The number of aryl methyl sites for hydroxylation is 1. The van der Waals surface area contributed by atoms with Gasteiger partial charge >= 0.3 is 0 Å². The van der Waals surface area contributed by atoms with Gasteiger partial charge in [-0.25, -0.2) is 4.68 Å². The van der Waals surface area contributed by atoms with Gasteiger partial charge in [-0.1, -0.05) is 31.2 Å². The highest BCUT2D eigenvalue weighted by Gasteiger charge is 2.10. The summed E-state index contributed by atoms with van der Waals surface area (Å²) in [6.45, 7) is 4.72. The van der Waals surface area contributed by atoms with Gasteiger partial charge in [-0.2, -0.15) is 0 Å². The van der Waals surface area contributed by atoms with E-state index in [0.717, 1.165) is 29.8 Å². The largest absolute Gasteiger partial charge is 0.269 e. The first-order chi connectivity index (χ1) is 9.15. The third-order valence-electron chi connectivity index (χ3n) is 3.07. The third-order valence-corrected chi connectivity index (χ3v) is 3.07. The number of non-ortho nitro benzene ring substituents is 1. The van der Waals surface area contributed by atoms with Gasteiger partial charge in [0.15, 0.2) is 0 Å². The molecular weight excluding hydrogens is 244 g/mol. The van der Waals surface area contributed by atoms with Gasteiger partial charge in [0.2, 0.25) is 0 Å². The van der Waals surface area contributed by atoms with Gasteiger partial charge in [0.05, 0.1) is 22.9 Å². The van der Waals surface area contributed by atoms with Crippen molar-refractivity contribution in [1.29, 1.82) is 0 Å². The van der Waals surface area contributed by atoms with Crippen LogP contribution in [0.2, 0.25) is 0 Å². The lowest BCUT2D eigenvalue weighted by Gasteiger charge is -2.05. The molecule has 0 aliphatic heterocycles. The van der Waals surface area contributed by atoms with Crippen LogP contribution in [0.3, 0.4) is 0 Å². The Bertz CT molecular complexity index is 575. The second-order valence-corrected chi connectivity index (χ2v) is 4.27. The molecule has 0 spiro atoms. The molecule has 0 radical (unpaired) electrons. The van der Waals surface area contributed by atoms with Crippen LogP contribution in [-0.4, -0.2) is 19.9 Å². The standard InChI is InChI=1S/C13H16N4O2/c1-3-12-13(4-2)16(15-14-12)9-10-5-7-11(8-6-10)17(18)19/h5-8H,3-4,9H2,1-2H3. The van der Waals surface area contributed by atoms with Crippen LogP contribution in [0.25, 0.3) is 0 Å². The molecular formula is C13H16N4O2. The zero-order chi connectivity index (χ0) is 13.8. The van der Waals surface area contributed by atoms with Crippen LogP contribution in [-0.2, 0) is 19.4 Å². The van der Waals surface area contributed by atoms with E-state index in [1.165, 1.54) is 12.1 Å². The van der Waals surface area contributed by atoms with E-state index >= 15 is 0 Å². The Morgan fingerprint density at radius 1 is 1.21 bits per heavy atom. The molecule has 19 heavy (non-hydrogen) atoms. The number of nitrogens with zero attached hydrogens (tertiary/aromatic N) is 4. The fourth-order valence-corrected chi connectivity index (χ4v) is 2.05. The Hall–Kier alpha value is -2.24. The summed E-state index contributed by atoms with van der Waals surface area (Å²) in [6, 6.07) is 6.53. The molecule has 6 heteroatoms. The molecule has 6 nitrogen and oxygen atoms in total. The highest BCUT2D eigenvalue weighted by molar-refractivity contribution is 5.33. The summed E-state index contributed by atoms with van der Waals surface area (Å²) in [5, 5.41) is 18.9. The lowest BCUT2D eigenvalue weighted by atomic mass is 10.2. The minimum Gasteiger partial charge on any atom is -0.258 e. The molecule has 0 aliphatic rings. The number of hydrogen-bond donors (Lipinski definition) is 0. The number of aromatic nitrogens is 3. The molecule has 0 aliphatic carbocycles. The minimum atomic E-state index is -0.397. The maximum absolute atomic E-state index is 10.6. The van der Waals surface area contributed by atoms with E-state index in [-0.39, 0.29) is 5.69 Å². The molecule has 0 saturated heterocycles. The molecule has 2 aromatic rings. The van der Waals surface area contributed by atoms with Crippen LogP contribution in [0.15, 0.2) is 24.3 Å². The van der Waals surface area contributed by atoms with E-state index in [0.29, 0.717) is 6.54 Å². The molecule has 100 valence electrons. The summed E-state index contributed by atoms with van der Waals surface area (Å²) in [7, 11) is 0. The first kappa shape index (κ1) is 13.2. The number of hydrogen-bond acceptors (Lipinski definition) is 4. The fourth-order valence-electron chi connectivity index (χ4n) is 2.05. The van der Waals surface area contributed by atoms with Crippen LogP contribution in [0.5, 0.6) is 0 Å². The highest BCUT2D eigenvalue weighted by Crippen LogP contribution is 2.14. The Morgan fingerprint density at radius 3 is 2.42 bits per heavy atom. The van der Waals surface area contributed by atoms with E-state index in [2.05, 4.69) is 24.2 Å². The Balaban J connectivity index is 2.21. The van der Waals surface area contributed by atoms with Crippen molar-refractivity contribution in [3.05, 3.63) is 51.3 Å². The van der Waals surface area contributed by atoms with Crippen molar-refractivity contribution in [3.8, 4) is 0 Å². The lowest BCUT2D eigenvalue weighted by Crippen LogP contribution is -2.06. The molecule has 1 aromatic heterocycles. The normalized spacial score (nSPS) is 10.6. The summed E-state index contributed by atoms with van der Waals surface area (Å²) >= 11 is 0. The summed E-state index contributed by atoms with van der Waals surface area (Å²) in [6.07, 6.45) is 1.74. The van der Waals surface area contributed by atoms with E-state index in [1.54, 1.807) is 12.1 Å². The quantitative estimate of drug-likeness (QED) is 0.611. The van der Waals surface area contributed by atoms with Crippen molar-refractivity contribution < 1.29 is 4.92 Å². The topological polar surface area (TPSA) is 73.8 Å². The zero-order valence-electron chi connectivity index (χ0n) is 11.0. The first-order valence-corrected chi connectivity index (χ1v) is 6.30. The average molecular weight is 260 g/mol. The van der Waals surface area contributed by atoms with Crippen molar-refractivity contribution in [1.82, 2.24) is 15.0 Å².